The quantitative estimate of drug-likeness (QED) is 0.700. The maximum absolute atomic E-state index is 5.71. The minimum absolute atomic E-state index is 0.523. The maximum atomic E-state index is 5.71. The first-order valence-corrected chi connectivity index (χ1v) is 4.83. The number of para-hydroxylation sites is 1. The lowest BCUT2D eigenvalue weighted by Gasteiger charge is -2.35. The molecular weight excluding hydrogens is 160 g/mol. The molecule has 1 aromatic rings. The normalized spacial score (nSPS) is 21.4. The van der Waals surface area contributed by atoms with Crippen LogP contribution in [0.2, 0.25) is 0 Å². The van der Waals surface area contributed by atoms with Gasteiger partial charge in [0.1, 0.15) is 0 Å². The summed E-state index contributed by atoms with van der Waals surface area (Å²) in [4.78, 5) is 2.30. The van der Waals surface area contributed by atoms with Crippen LogP contribution in [-0.4, -0.2) is 19.6 Å². The van der Waals surface area contributed by atoms with Gasteiger partial charge in [0.2, 0.25) is 0 Å². The van der Waals surface area contributed by atoms with Crippen molar-refractivity contribution in [2.45, 2.75) is 18.9 Å². The number of anilines is 1. The lowest BCUT2D eigenvalue weighted by Crippen LogP contribution is -2.41. The SMILES string of the molecule is CN1c2ccccc2CC[C@H]1CN. The number of nitrogens with two attached hydrogens (primary N) is 1. The largest absolute Gasteiger partial charge is 0.370 e. The highest BCUT2D eigenvalue weighted by Crippen LogP contribution is 2.28. The number of hydrogen-bond acceptors (Lipinski definition) is 2. The summed E-state index contributed by atoms with van der Waals surface area (Å²) in [5.41, 5.74) is 8.51. The first-order chi connectivity index (χ1) is 6.33. The Morgan fingerprint density at radius 2 is 2.23 bits per heavy atom. The van der Waals surface area contributed by atoms with Gasteiger partial charge in [0.25, 0.3) is 0 Å². The molecule has 1 aliphatic rings. The molecule has 0 radical (unpaired) electrons. The highest BCUT2D eigenvalue weighted by molar-refractivity contribution is 5.55. The van der Waals surface area contributed by atoms with Gasteiger partial charge in [-0.15, -0.1) is 0 Å². The molecule has 1 aromatic carbocycles. The number of rotatable bonds is 1. The van der Waals surface area contributed by atoms with Crippen LogP contribution in [0.15, 0.2) is 24.3 Å². The van der Waals surface area contributed by atoms with E-state index in [0.717, 1.165) is 6.54 Å². The number of hydrogen-bond donors (Lipinski definition) is 1. The average Bonchev–Trinajstić information content (AvgIpc) is 2.19. The van der Waals surface area contributed by atoms with Gasteiger partial charge in [-0.05, 0) is 24.5 Å². The molecule has 0 saturated heterocycles. The van der Waals surface area contributed by atoms with Crippen molar-refractivity contribution >= 4 is 5.69 Å². The Hall–Kier alpha value is -1.02. The van der Waals surface area contributed by atoms with E-state index in [1.165, 1.54) is 24.1 Å². The van der Waals surface area contributed by atoms with Crippen LogP contribution in [0.3, 0.4) is 0 Å². The fraction of sp³-hybridized carbons (Fsp3) is 0.455. The van der Waals surface area contributed by atoms with Crippen molar-refractivity contribution in [3.63, 3.8) is 0 Å². The molecule has 0 unspecified atom stereocenters. The van der Waals surface area contributed by atoms with E-state index in [4.69, 9.17) is 5.73 Å². The van der Waals surface area contributed by atoms with Gasteiger partial charge in [-0.2, -0.15) is 0 Å². The third-order valence-corrected chi connectivity index (χ3v) is 2.94. The van der Waals surface area contributed by atoms with Gasteiger partial charge in [0.15, 0.2) is 0 Å². The van der Waals surface area contributed by atoms with Crippen molar-refractivity contribution in [2.75, 3.05) is 18.5 Å². The zero-order valence-electron chi connectivity index (χ0n) is 8.03. The fourth-order valence-electron chi connectivity index (χ4n) is 2.05. The van der Waals surface area contributed by atoms with Crippen molar-refractivity contribution in [3.8, 4) is 0 Å². The summed E-state index contributed by atoms with van der Waals surface area (Å²) < 4.78 is 0. The third-order valence-electron chi connectivity index (χ3n) is 2.94. The second-order valence-electron chi connectivity index (χ2n) is 3.67. The van der Waals surface area contributed by atoms with Crippen LogP contribution in [0, 0.1) is 0 Å². The topological polar surface area (TPSA) is 29.3 Å². The van der Waals surface area contributed by atoms with E-state index in [1.807, 2.05) is 0 Å². The van der Waals surface area contributed by atoms with Crippen molar-refractivity contribution < 1.29 is 0 Å². The zero-order chi connectivity index (χ0) is 9.26. The van der Waals surface area contributed by atoms with Crippen LogP contribution in [0.5, 0.6) is 0 Å². The summed E-state index contributed by atoms with van der Waals surface area (Å²) in [5, 5.41) is 0. The molecule has 0 aliphatic carbocycles. The Bertz CT molecular complexity index is 296. The fourth-order valence-corrected chi connectivity index (χ4v) is 2.05. The molecule has 0 aromatic heterocycles. The van der Waals surface area contributed by atoms with E-state index < -0.39 is 0 Å². The summed E-state index contributed by atoms with van der Waals surface area (Å²) in [5.74, 6) is 0. The smallest absolute Gasteiger partial charge is 0.0412 e. The molecule has 0 fully saturated rings. The first-order valence-electron chi connectivity index (χ1n) is 4.83. The van der Waals surface area contributed by atoms with Crippen LogP contribution in [0.25, 0.3) is 0 Å². The van der Waals surface area contributed by atoms with Crippen LogP contribution >= 0.6 is 0 Å². The minimum atomic E-state index is 0.523. The van der Waals surface area contributed by atoms with Crippen molar-refractivity contribution in [1.82, 2.24) is 0 Å². The average molecular weight is 176 g/mol. The highest BCUT2D eigenvalue weighted by Gasteiger charge is 2.20. The lowest BCUT2D eigenvalue weighted by molar-refractivity contribution is 0.565. The Morgan fingerprint density at radius 3 is 3.00 bits per heavy atom. The van der Waals surface area contributed by atoms with Gasteiger partial charge >= 0.3 is 0 Å². The Labute approximate surface area is 79.4 Å². The predicted octanol–water partition coefficient (Wildman–Crippen LogP) is 1.40. The summed E-state index contributed by atoms with van der Waals surface area (Å²) in [7, 11) is 2.13. The molecule has 2 nitrogen and oxygen atoms in total. The van der Waals surface area contributed by atoms with Gasteiger partial charge in [0, 0.05) is 25.3 Å². The number of nitrogens with zero attached hydrogens (tertiary/aromatic N) is 1. The van der Waals surface area contributed by atoms with Gasteiger partial charge in [-0.25, -0.2) is 0 Å². The monoisotopic (exact) mass is 176 g/mol. The van der Waals surface area contributed by atoms with Crippen LogP contribution in [-0.2, 0) is 6.42 Å². The highest BCUT2D eigenvalue weighted by atomic mass is 15.1. The van der Waals surface area contributed by atoms with Crippen LogP contribution < -0.4 is 10.6 Å². The van der Waals surface area contributed by atoms with E-state index in [0.29, 0.717) is 6.04 Å². The van der Waals surface area contributed by atoms with Crippen LogP contribution in [0.4, 0.5) is 5.69 Å². The Balaban J connectivity index is 2.33. The minimum Gasteiger partial charge on any atom is -0.370 e. The third kappa shape index (κ3) is 1.42. The zero-order valence-corrected chi connectivity index (χ0v) is 8.03. The molecule has 13 heavy (non-hydrogen) atoms. The second kappa shape index (κ2) is 3.38. The van der Waals surface area contributed by atoms with Crippen molar-refractivity contribution in [3.05, 3.63) is 29.8 Å². The molecule has 1 aliphatic heterocycles. The molecule has 0 amide bonds. The summed E-state index contributed by atoms with van der Waals surface area (Å²) in [6.07, 6.45) is 2.35. The predicted molar refractivity (Wildman–Crippen MR) is 56.0 cm³/mol. The van der Waals surface area contributed by atoms with Crippen molar-refractivity contribution in [2.24, 2.45) is 5.73 Å². The van der Waals surface area contributed by atoms with E-state index >= 15 is 0 Å². The molecule has 1 heterocycles. The number of benzene rings is 1. The first kappa shape index (κ1) is 8.57. The standard InChI is InChI=1S/C11H16N2/c1-13-10(8-12)7-6-9-4-2-3-5-11(9)13/h2-5,10H,6-8,12H2,1H3/t10-/m0/s1. The molecule has 2 N–H and O–H groups in total. The van der Waals surface area contributed by atoms with Gasteiger partial charge in [0.05, 0.1) is 0 Å². The number of aryl methyl sites for hydroxylation is 1. The molecule has 1 atom stereocenters. The van der Waals surface area contributed by atoms with E-state index in [-0.39, 0.29) is 0 Å². The molecular formula is C11H16N2. The lowest BCUT2D eigenvalue weighted by atomic mass is 9.96. The Kier molecular flexibility index (Phi) is 2.23. The molecule has 2 rings (SSSR count). The van der Waals surface area contributed by atoms with Crippen LogP contribution in [0.1, 0.15) is 12.0 Å². The summed E-state index contributed by atoms with van der Waals surface area (Å²) >= 11 is 0. The molecule has 70 valence electrons. The maximum Gasteiger partial charge on any atom is 0.0412 e. The van der Waals surface area contributed by atoms with E-state index in [9.17, 15) is 0 Å². The van der Waals surface area contributed by atoms with Gasteiger partial charge < -0.3 is 10.6 Å². The van der Waals surface area contributed by atoms with Gasteiger partial charge in [-0.3, -0.25) is 0 Å². The summed E-state index contributed by atoms with van der Waals surface area (Å²) in [6.45, 7) is 0.755. The van der Waals surface area contributed by atoms with E-state index in [2.05, 4.69) is 36.2 Å². The Morgan fingerprint density at radius 1 is 1.46 bits per heavy atom. The number of likely N-dealkylation sites (N-methyl/N-ethyl adjacent to an activating group) is 1. The van der Waals surface area contributed by atoms with Crippen molar-refractivity contribution in [1.29, 1.82) is 0 Å². The number of fused-ring (bicyclic) bond motifs is 1. The van der Waals surface area contributed by atoms with Gasteiger partial charge in [-0.1, -0.05) is 18.2 Å². The molecule has 0 bridgehead atoms. The van der Waals surface area contributed by atoms with E-state index in [1.54, 1.807) is 0 Å². The molecule has 0 spiro atoms. The second-order valence-corrected chi connectivity index (χ2v) is 3.67. The molecule has 2 heteroatoms. The molecule has 0 saturated carbocycles. The summed E-state index contributed by atoms with van der Waals surface area (Å²) in [6, 6.07) is 9.11.